The maximum Gasteiger partial charge on any atom is 0.311 e. The number of hydrazone groups is 1. The van der Waals surface area contributed by atoms with Crippen molar-refractivity contribution in [3.05, 3.63) is 58.1 Å². The lowest BCUT2D eigenvalue weighted by atomic mass is 10.2. The van der Waals surface area contributed by atoms with Gasteiger partial charge in [-0.15, -0.1) is 0 Å². The van der Waals surface area contributed by atoms with E-state index in [-0.39, 0.29) is 22.4 Å². The van der Waals surface area contributed by atoms with E-state index in [4.69, 9.17) is 9.47 Å². The van der Waals surface area contributed by atoms with Gasteiger partial charge in [-0.25, -0.2) is 4.83 Å². The fourth-order valence-corrected chi connectivity index (χ4v) is 2.91. The topological polar surface area (TPSA) is 120 Å². The molecular weight excluding hydrogens is 374 g/mol. The minimum Gasteiger partial charge on any atom is -0.491 e. The number of ether oxygens (including phenoxy) is 2. The van der Waals surface area contributed by atoms with Gasteiger partial charge in [0.15, 0.2) is 5.75 Å². The van der Waals surface area contributed by atoms with Crippen LogP contribution < -0.4 is 14.3 Å². The zero-order chi connectivity index (χ0) is 20.0. The largest absolute Gasteiger partial charge is 0.491 e. The molecule has 1 N–H and O–H groups in total. The molecule has 2 aromatic rings. The highest BCUT2D eigenvalue weighted by atomic mass is 32.2. The van der Waals surface area contributed by atoms with Gasteiger partial charge < -0.3 is 9.47 Å². The summed E-state index contributed by atoms with van der Waals surface area (Å²) in [5.41, 5.74) is 0.0935. The van der Waals surface area contributed by atoms with Crippen LogP contribution in [-0.4, -0.2) is 32.8 Å². The van der Waals surface area contributed by atoms with Crippen molar-refractivity contribution in [1.29, 1.82) is 0 Å². The third-order valence-electron chi connectivity index (χ3n) is 3.29. The van der Waals surface area contributed by atoms with Crippen molar-refractivity contribution >= 4 is 21.9 Å². The molecule has 0 aliphatic carbocycles. The molecule has 0 bridgehead atoms. The molecule has 0 atom stereocenters. The summed E-state index contributed by atoms with van der Waals surface area (Å²) in [4.78, 5) is 12.5. The number of sulfonamides is 1. The van der Waals surface area contributed by atoms with Crippen molar-refractivity contribution in [2.45, 2.75) is 24.8 Å². The van der Waals surface area contributed by atoms with Crippen LogP contribution in [0.1, 0.15) is 19.4 Å². The highest BCUT2D eigenvalue weighted by Gasteiger charge is 2.15. The zero-order valence-electron chi connectivity index (χ0n) is 14.9. The van der Waals surface area contributed by atoms with E-state index in [1.807, 2.05) is 13.8 Å². The Labute approximate surface area is 156 Å². The van der Waals surface area contributed by atoms with Crippen LogP contribution >= 0.6 is 0 Å². The molecule has 2 aromatic carbocycles. The summed E-state index contributed by atoms with van der Waals surface area (Å²) >= 11 is 0. The van der Waals surface area contributed by atoms with Crippen LogP contribution in [0.5, 0.6) is 11.5 Å². The molecule has 0 amide bonds. The van der Waals surface area contributed by atoms with Gasteiger partial charge in [0.25, 0.3) is 10.0 Å². The summed E-state index contributed by atoms with van der Waals surface area (Å²) in [6, 6.07) is 10.0. The highest BCUT2D eigenvalue weighted by molar-refractivity contribution is 7.89. The number of hydrogen-bond acceptors (Lipinski definition) is 7. The van der Waals surface area contributed by atoms with Crippen LogP contribution in [0.4, 0.5) is 5.69 Å². The van der Waals surface area contributed by atoms with Crippen molar-refractivity contribution in [2.24, 2.45) is 5.10 Å². The van der Waals surface area contributed by atoms with Crippen LogP contribution in [0.3, 0.4) is 0 Å². The van der Waals surface area contributed by atoms with Gasteiger partial charge in [0.1, 0.15) is 5.75 Å². The van der Waals surface area contributed by atoms with E-state index in [0.717, 1.165) is 0 Å². The summed E-state index contributed by atoms with van der Waals surface area (Å²) in [7, 11) is -2.56. The Morgan fingerprint density at radius 2 is 1.85 bits per heavy atom. The maximum atomic E-state index is 12.2. The Bertz CT molecular complexity index is 940. The zero-order valence-corrected chi connectivity index (χ0v) is 15.8. The Balaban J connectivity index is 2.12. The fourth-order valence-electron chi connectivity index (χ4n) is 2.12. The van der Waals surface area contributed by atoms with E-state index in [1.165, 1.54) is 43.7 Å². The summed E-state index contributed by atoms with van der Waals surface area (Å²) in [5.74, 6) is 0.652. The number of nitro benzene ring substituents is 1. The SMILES string of the molecule is COc1ccc(/C=N/NS(=O)(=O)c2ccc(OC(C)C)cc2)cc1[N+](=O)[O-]. The minimum absolute atomic E-state index is 0.0106. The number of hydrogen-bond donors (Lipinski definition) is 1. The lowest BCUT2D eigenvalue weighted by Gasteiger charge is -2.10. The number of rotatable bonds is 8. The molecule has 0 saturated carbocycles. The van der Waals surface area contributed by atoms with Gasteiger partial charge in [-0.1, -0.05) is 0 Å². The first-order chi connectivity index (χ1) is 12.7. The number of nitrogens with one attached hydrogen (secondary N) is 1. The smallest absolute Gasteiger partial charge is 0.311 e. The first-order valence-electron chi connectivity index (χ1n) is 7.87. The fraction of sp³-hybridized carbons (Fsp3) is 0.235. The Morgan fingerprint density at radius 3 is 2.41 bits per heavy atom. The van der Waals surface area contributed by atoms with Gasteiger partial charge in [0.05, 0.1) is 29.2 Å². The minimum atomic E-state index is -3.88. The van der Waals surface area contributed by atoms with Gasteiger partial charge in [-0.3, -0.25) is 10.1 Å². The number of benzene rings is 2. The molecule has 0 aromatic heterocycles. The highest BCUT2D eigenvalue weighted by Crippen LogP contribution is 2.26. The van der Waals surface area contributed by atoms with Crippen molar-refractivity contribution in [2.75, 3.05) is 7.11 Å². The third-order valence-corrected chi connectivity index (χ3v) is 4.53. The third kappa shape index (κ3) is 5.42. The van der Waals surface area contributed by atoms with Gasteiger partial charge in [0.2, 0.25) is 0 Å². The maximum absolute atomic E-state index is 12.2. The lowest BCUT2D eigenvalue weighted by molar-refractivity contribution is -0.385. The molecule has 27 heavy (non-hydrogen) atoms. The molecule has 2 rings (SSSR count). The summed E-state index contributed by atoms with van der Waals surface area (Å²) in [5, 5.41) is 14.7. The quantitative estimate of drug-likeness (QED) is 0.418. The Morgan fingerprint density at radius 1 is 1.19 bits per heavy atom. The second-order valence-electron chi connectivity index (χ2n) is 5.68. The Hall–Kier alpha value is -3.14. The molecule has 144 valence electrons. The van der Waals surface area contributed by atoms with Crippen molar-refractivity contribution < 1.29 is 22.8 Å². The van der Waals surface area contributed by atoms with Gasteiger partial charge in [-0.05, 0) is 50.2 Å². The summed E-state index contributed by atoms with van der Waals surface area (Å²) in [6.45, 7) is 3.73. The van der Waals surface area contributed by atoms with Crippen molar-refractivity contribution in [3.8, 4) is 11.5 Å². The molecule has 0 unspecified atom stereocenters. The van der Waals surface area contributed by atoms with E-state index in [1.54, 1.807) is 12.1 Å². The van der Waals surface area contributed by atoms with Crippen LogP contribution in [0.15, 0.2) is 52.5 Å². The number of nitrogens with zero attached hydrogens (tertiary/aromatic N) is 2. The molecule has 9 nitrogen and oxygen atoms in total. The van der Waals surface area contributed by atoms with Crippen LogP contribution in [0, 0.1) is 10.1 Å². The molecule has 0 aliphatic rings. The van der Waals surface area contributed by atoms with E-state index in [2.05, 4.69) is 9.93 Å². The number of methoxy groups -OCH3 is 1. The van der Waals surface area contributed by atoms with Crippen molar-refractivity contribution in [1.82, 2.24) is 4.83 Å². The molecular formula is C17H19N3O6S. The van der Waals surface area contributed by atoms with E-state index in [9.17, 15) is 18.5 Å². The van der Waals surface area contributed by atoms with E-state index < -0.39 is 14.9 Å². The number of nitro groups is 1. The molecule has 0 saturated heterocycles. The monoisotopic (exact) mass is 393 g/mol. The molecule has 10 heteroatoms. The van der Waals surface area contributed by atoms with Crippen LogP contribution in [0.25, 0.3) is 0 Å². The molecule has 0 fully saturated rings. The van der Waals surface area contributed by atoms with Gasteiger partial charge in [0, 0.05) is 11.6 Å². The van der Waals surface area contributed by atoms with Crippen LogP contribution in [-0.2, 0) is 10.0 Å². The predicted molar refractivity (Wildman–Crippen MR) is 99.8 cm³/mol. The first kappa shape index (κ1) is 20.2. The summed E-state index contributed by atoms with van der Waals surface area (Å²) in [6.07, 6.45) is 1.14. The molecule has 0 heterocycles. The van der Waals surface area contributed by atoms with Crippen molar-refractivity contribution in [3.63, 3.8) is 0 Å². The van der Waals surface area contributed by atoms with Gasteiger partial charge in [-0.2, -0.15) is 13.5 Å². The predicted octanol–water partition coefficient (Wildman–Crippen LogP) is 2.70. The average Bonchev–Trinajstić information content (AvgIpc) is 2.61. The first-order valence-corrected chi connectivity index (χ1v) is 9.35. The summed E-state index contributed by atoms with van der Waals surface area (Å²) < 4.78 is 34.8. The molecule has 0 radical (unpaired) electrons. The van der Waals surface area contributed by atoms with Gasteiger partial charge >= 0.3 is 5.69 Å². The normalized spacial score (nSPS) is 11.6. The second kappa shape index (κ2) is 8.49. The average molecular weight is 393 g/mol. The van der Waals surface area contributed by atoms with E-state index in [0.29, 0.717) is 11.3 Å². The van der Waals surface area contributed by atoms with Crippen LogP contribution in [0.2, 0.25) is 0 Å². The lowest BCUT2D eigenvalue weighted by Crippen LogP contribution is -2.18. The standard InChI is InChI=1S/C17H19N3O6S/c1-12(2)26-14-5-7-15(8-6-14)27(23,24)19-18-11-13-4-9-17(25-3)16(10-13)20(21)22/h4-12,19H,1-3H3/b18-11+. The Kier molecular flexibility index (Phi) is 6.35. The molecule has 0 spiro atoms. The van der Waals surface area contributed by atoms with E-state index >= 15 is 0 Å². The molecule has 0 aliphatic heterocycles. The second-order valence-corrected chi connectivity index (χ2v) is 7.34.